The number of ether oxygens (including phenoxy) is 1. The van der Waals surface area contributed by atoms with E-state index in [9.17, 15) is 24.9 Å². The van der Waals surface area contributed by atoms with Gasteiger partial charge in [0.1, 0.15) is 35.0 Å². The Morgan fingerprint density at radius 2 is 2.05 bits per heavy atom. The molecule has 1 saturated heterocycles. The zero-order valence-corrected chi connectivity index (χ0v) is 11.1. The standard InChI is InChI=1S/C12H13N3O7/c16-3-5-8(18)9(19)12(22-5)15-11(21)7-6(10(20)14-15)4(17)1-2-13-7/h1-2,5,8-9,12,16,18-19H,3H2,(H,13,17)(H,14,20)/t5-,8-,9-,12-/m1/s1. The molecule has 10 nitrogen and oxygen atoms in total. The monoisotopic (exact) mass is 311 g/mol. The number of fused-ring (bicyclic) bond motifs is 1. The lowest BCUT2D eigenvalue weighted by atomic mass is 10.1. The van der Waals surface area contributed by atoms with Crippen LogP contribution in [-0.2, 0) is 4.74 Å². The molecule has 10 heteroatoms. The second-order valence-electron chi connectivity index (χ2n) is 4.90. The van der Waals surface area contributed by atoms with E-state index in [-0.39, 0.29) is 10.9 Å². The first-order valence-electron chi connectivity index (χ1n) is 6.40. The Morgan fingerprint density at radius 3 is 2.68 bits per heavy atom. The summed E-state index contributed by atoms with van der Waals surface area (Å²) in [4.78, 5) is 28.1. The normalized spacial score (nSPS) is 28.3. The molecule has 3 rings (SSSR count). The van der Waals surface area contributed by atoms with Crippen molar-refractivity contribution in [1.82, 2.24) is 14.8 Å². The topological polar surface area (TPSA) is 158 Å². The minimum absolute atomic E-state index is 0.282. The Kier molecular flexibility index (Phi) is 3.45. The fourth-order valence-electron chi connectivity index (χ4n) is 2.44. The number of nitrogens with one attached hydrogen (secondary N) is 1. The number of hydrogen-bond donors (Lipinski definition) is 5. The summed E-state index contributed by atoms with van der Waals surface area (Å²) in [5.74, 6) is -0.406. The summed E-state index contributed by atoms with van der Waals surface area (Å²) in [5, 5.41) is 40.2. The fourth-order valence-corrected chi connectivity index (χ4v) is 2.44. The predicted octanol–water partition coefficient (Wildman–Crippen LogP) is -2.60. The van der Waals surface area contributed by atoms with Crippen LogP contribution in [0.2, 0.25) is 0 Å². The lowest BCUT2D eigenvalue weighted by molar-refractivity contribution is -0.0610. The number of aliphatic hydroxyl groups is 3. The number of aliphatic hydroxyl groups excluding tert-OH is 3. The molecule has 0 amide bonds. The Labute approximate surface area is 121 Å². The first kappa shape index (κ1) is 14.7. The number of H-pyrrole nitrogens is 1. The second kappa shape index (κ2) is 5.18. The molecule has 0 bridgehead atoms. The van der Waals surface area contributed by atoms with Gasteiger partial charge in [0.15, 0.2) is 6.23 Å². The van der Waals surface area contributed by atoms with Gasteiger partial charge in [-0.2, -0.15) is 0 Å². The maximum atomic E-state index is 12.4. The van der Waals surface area contributed by atoms with Gasteiger partial charge in [0, 0.05) is 6.20 Å². The molecule has 0 saturated carbocycles. The smallest absolute Gasteiger partial charge is 0.294 e. The molecule has 118 valence electrons. The molecular formula is C12H13N3O7. The molecule has 0 unspecified atom stereocenters. The quantitative estimate of drug-likeness (QED) is 0.404. The number of rotatable bonds is 2. The van der Waals surface area contributed by atoms with Gasteiger partial charge in [0.25, 0.3) is 11.1 Å². The van der Waals surface area contributed by atoms with E-state index < -0.39 is 48.0 Å². The van der Waals surface area contributed by atoms with E-state index in [1.165, 1.54) is 0 Å². The summed E-state index contributed by atoms with van der Waals surface area (Å²) in [7, 11) is 0. The summed E-state index contributed by atoms with van der Waals surface area (Å²) < 4.78 is 5.87. The van der Waals surface area contributed by atoms with Crippen LogP contribution in [0.3, 0.4) is 0 Å². The minimum atomic E-state index is -1.53. The largest absolute Gasteiger partial charge is 0.507 e. The first-order chi connectivity index (χ1) is 10.5. The lowest BCUT2D eigenvalue weighted by Gasteiger charge is -2.17. The summed E-state index contributed by atoms with van der Waals surface area (Å²) in [6, 6.07) is 1.16. The summed E-state index contributed by atoms with van der Waals surface area (Å²) in [5.41, 5.74) is -1.93. The zero-order valence-electron chi connectivity index (χ0n) is 11.1. The van der Waals surface area contributed by atoms with E-state index >= 15 is 0 Å². The van der Waals surface area contributed by atoms with E-state index in [0.717, 1.165) is 12.3 Å². The SMILES string of the molecule is O=c1[nH]n([C@@H]2O[C@H](CO)[C@@H](O)[C@H]2O)c(=O)c2nccc(O)c12. The molecule has 0 aromatic carbocycles. The van der Waals surface area contributed by atoms with Crippen molar-refractivity contribution < 1.29 is 25.2 Å². The summed E-state index contributed by atoms with van der Waals surface area (Å²) in [6.07, 6.45) is -4.28. The molecule has 22 heavy (non-hydrogen) atoms. The van der Waals surface area contributed by atoms with Crippen LogP contribution in [0.1, 0.15) is 6.23 Å². The third-order valence-corrected chi connectivity index (χ3v) is 3.57. The number of nitrogens with zero attached hydrogens (tertiary/aromatic N) is 2. The molecule has 0 spiro atoms. The maximum Gasteiger partial charge on any atom is 0.294 e. The van der Waals surface area contributed by atoms with E-state index in [4.69, 9.17) is 9.84 Å². The Bertz CT molecular complexity index is 830. The van der Waals surface area contributed by atoms with Gasteiger partial charge in [0.05, 0.1) is 6.61 Å². The van der Waals surface area contributed by atoms with Crippen molar-refractivity contribution in [2.75, 3.05) is 6.61 Å². The number of aromatic hydroxyl groups is 1. The highest BCUT2D eigenvalue weighted by Crippen LogP contribution is 2.27. The van der Waals surface area contributed by atoms with Crippen molar-refractivity contribution in [2.24, 2.45) is 0 Å². The van der Waals surface area contributed by atoms with Crippen molar-refractivity contribution >= 4 is 10.9 Å². The van der Waals surface area contributed by atoms with Crippen LogP contribution in [0, 0.1) is 0 Å². The van der Waals surface area contributed by atoms with Gasteiger partial charge in [-0.25, -0.2) is 9.67 Å². The Morgan fingerprint density at radius 1 is 1.32 bits per heavy atom. The zero-order chi connectivity index (χ0) is 16.0. The minimum Gasteiger partial charge on any atom is -0.507 e. The van der Waals surface area contributed by atoms with Crippen molar-refractivity contribution in [1.29, 1.82) is 0 Å². The predicted molar refractivity (Wildman–Crippen MR) is 71.3 cm³/mol. The highest BCUT2D eigenvalue weighted by atomic mass is 16.6. The fraction of sp³-hybridized carbons (Fsp3) is 0.417. The van der Waals surface area contributed by atoms with Gasteiger partial charge in [-0.1, -0.05) is 0 Å². The third-order valence-electron chi connectivity index (χ3n) is 3.57. The Balaban J connectivity index is 2.20. The summed E-state index contributed by atoms with van der Waals surface area (Å²) >= 11 is 0. The van der Waals surface area contributed by atoms with Gasteiger partial charge in [0.2, 0.25) is 0 Å². The number of pyridine rings is 1. The average Bonchev–Trinajstić information content (AvgIpc) is 2.78. The van der Waals surface area contributed by atoms with E-state index in [1.54, 1.807) is 0 Å². The maximum absolute atomic E-state index is 12.4. The highest BCUT2D eigenvalue weighted by Gasteiger charge is 2.44. The molecule has 0 radical (unpaired) electrons. The van der Waals surface area contributed by atoms with Crippen LogP contribution in [0.15, 0.2) is 21.9 Å². The molecule has 1 aliphatic heterocycles. The van der Waals surface area contributed by atoms with E-state index in [1.807, 2.05) is 0 Å². The van der Waals surface area contributed by atoms with Gasteiger partial charge in [-0.15, -0.1) is 0 Å². The molecule has 4 atom stereocenters. The van der Waals surface area contributed by atoms with Crippen LogP contribution in [0.25, 0.3) is 10.9 Å². The first-order valence-corrected chi connectivity index (χ1v) is 6.40. The van der Waals surface area contributed by atoms with Crippen LogP contribution < -0.4 is 11.1 Å². The second-order valence-corrected chi connectivity index (χ2v) is 4.90. The van der Waals surface area contributed by atoms with Crippen molar-refractivity contribution in [2.45, 2.75) is 24.5 Å². The van der Waals surface area contributed by atoms with Gasteiger partial charge in [-0.05, 0) is 6.07 Å². The van der Waals surface area contributed by atoms with Gasteiger partial charge >= 0.3 is 0 Å². The van der Waals surface area contributed by atoms with Crippen LogP contribution >= 0.6 is 0 Å². The Hall–Kier alpha value is -2.27. The average molecular weight is 311 g/mol. The third kappa shape index (κ3) is 2.01. The van der Waals surface area contributed by atoms with Gasteiger partial charge < -0.3 is 25.2 Å². The van der Waals surface area contributed by atoms with Crippen LogP contribution in [0.4, 0.5) is 0 Å². The molecule has 1 fully saturated rings. The van der Waals surface area contributed by atoms with Crippen molar-refractivity contribution in [3.63, 3.8) is 0 Å². The number of aromatic nitrogens is 3. The molecule has 2 aromatic rings. The van der Waals surface area contributed by atoms with E-state index in [2.05, 4.69) is 10.1 Å². The van der Waals surface area contributed by atoms with Crippen molar-refractivity contribution in [3.8, 4) is 5.75 Å². The van der Waals surface area contributed by atoms with Crippen LogP contribution in [-0.4, -0.2) is 60.1 Å². The highest BCUT2D eigenvalue weighted by molar-refractivity contribution is 5.82. The lowest BCUT2D eigenvalue weighted by Crippen LogP contribution is -2.39. The van der Waals surface area contributed by atoms with Crippen LogP contribution in [0.5, 0.6) is 5.75 Å². The summed E-state index contributed by atoms with van der Waals surface area (Å²) in [6.45, 7) is -0.569. The van der Waals surface area contributed by atoms with Crippen molar-refractivity contribution in [3.05, 3.63) is 33.0 Å². The molecule has 0 aliphatic carbocycles. The van der Waals surface area contributed by atoms with Gasteiger partial charge in [-0.3, -0.25) is 14.7 Å². The van der Waals surface area contributed by atoms with E-state index in [0.29, 0.717) is 4.68 Å². The number of aromatic amines is 1. The molecule has 2 aromatic heterocycles. The molecule has 1 aliphatic rings. The molecule has 5 N–H and O–H groups in total. The molecule has 3 heterocycles. The number of hydrogen-bond acceptors (Lipinski definition) is 8. The molecular weight excluding hydrogens is 298 g/mol.